The minimum absolute atomic E-state index is 0.0180. The Morgan fingerprint density at radius 1 is 0.861 bits per heavy atom. The van der Waals surface area contributed by atoms with Crippen molar-refractivity contribution in [1.82, 2.24) is 15.2 Å². The molecule has 36 heavy (non-hydrogen) atoms. The molecule has 0 atom stereocenters. The number of pyridine rings is 1. The number of fused-ring (bicyclic) bond motifs is 4. The van der Waals surface area contributed by atoms with Crippen molar-refractivity contribution < 1.29 is 4.79 Å². The van der Waals surface area contributed by atoms with E-state index in [1.165, 1.54) is 31.2 Å². The molecule has 1 saturated heterocycles. The van der Waals surface area contributed by atoms with Gasteiger partial charge in [0.05, 0.1) is 11.2 Å². The number of benzene rings is 3. The number of amides is 1. The summed E-state index contributed by atoms with van der Waals surface area (Å²) in [6.45, 7) is 5.94. The summed E-state index contributed by atoms with van der Waals surface area (Å²) in [6, 6.07) is 25.0. The predicted octanol–water partition coefficient (Wildman–Crippen LogP) is 5.93. The number of carbonyl (C=O) groups excluding carboxylic acids is 1. The summed E-state index contributed by atoms with van der Waals surface area (Å²) < 4.78 is 2.49. The Balaban J connectivity index is 0.962. The van der Waals surface area contributed by atoms with Crippen LogP contribution in [0.15, 0.2) is 79.0 Å². The second kappa shape index (κ2) is 10.2. The summed E-state index contributed by atoms with van der Waals surface area (Å²) in [5.74, 6) is 0.0180. The van der Waals surface area contributed by atoms with Crippen LogP contribution in [-0.2, 0) is 0 Å². The van der Waals surface area contributed by atoms with Crippen LogP contribution in [0.1, 0.15) is 23.2 Å². The zero-order valence-corrected chi connectivity index (χ0v) is 21.1. The van der Waals surface area contributed by atoms with Crippen molar-refractivity contribution in [3.63, 3.8) is 0 Å². The molecule has 5 nitrogen and oxygen atoms in total. The zero-order chi connectivity index (χ0) is 24.3. The lowest BCUT2D eigenvalue weighted by atomic mass is 10.1. The van der Waals surface area contributed by atoms with Crippen LogP contribution in [-0.4, -0.2) is 55.1 Å². The molecule has 3 aromatic carbocycles. The van der Waals surface area contributed by atoms with Gasteiger partial charge in [-0.1, -0.05) is 36.4 Å². The second-order valence-corrected chi connectivity index (χ2v) is 10.5. The van der Waals surface area contributed by atoms with Crippen molar-refractivity contribution in [2.75, 3.05) is 44.2 Å². The minimum atomic E-state index is 0.0180. The lowest BCUT2D eigenvalue weighted by Gasteiger charge is -2.36. The second-order valence-electron chi connectivity index (χ2n) is 9.45. The number of unbranched alkanes of at least 4 members (excludes halogenated alkanes) is 1. The Hall–Kier alpha value is -3.48. The van der Waals surface area contributed by atoms with Gasteiger partial charge >= 0.3 is 0 Å². The highest BCUT2D eigenvalue weighted by Crippen LogP contribution is 2.34. The number of anilines is 1. The maximum atomic E-state index is 12.7. The Bertz CT molecular complexity index is 1510. The smallest absolute Gasteiger partial charge is 0.251 e. The third-order valence-corrected chi connectivity index (χ3v) is 8.30. The first kappa shape index (κ1) is 23.0. The number of thiophene rings is 1. The normalized spacial score (nSPS) is 14.6. The molecular formula is C30H30N4OS. The standard InChI is InChI=1S/C30H30N4OS/c35-30(23-12-13-28-25(21-23)24-9-1-2-11-27(24)36-28)32-14-3-4-16-33-17-19-34(20-18-33)26-10-5-7-22-8-6-15-31-29(22)26/h1-2,5-13,15,21H,3-4,14,16-20H2,(H,32,35). The lowest BCUT2D eigenvalue weighted by molar-refractivity contribution is 0.0952. The first-order valence-electron chi connectivity index (χ1n) is 12.8. The van der Waals surface area contributed by atoms with Gasteiger partial charge in [-0.05, 0) is 55.8 Å². The highest BCUT2D eigenvalue weighted by Gasteiger charge is 2.18. The van der Waals surface area contributed by atoms with Gasteiger partial charge in [0.15, 0.2) is 0 Å². The van der Waals surface area contributed by atoms with Crippen LogP contribution < -0.4 is 10.2 Å². The van der Waals surface area contributed by atoms with Crippen LogP contribution in [0, 0.1) is 0 Å². The van der Waals surface area contributed by atoms with E-state index in [4.69, 9.17) is 0 Å². The van der Waals surface area contributed by atoms with Gasteiger partial charge < -0.3 is 10.2 Å². The molecule has 0 aliphatic carbocycles. The monoisotopic (exact) mass is 494 g/mol. The average molecular weight is 495 g/mol. The fourth-order valence-corrected chi connectivity index (χ4v) is 6.27. The number of piperazine rings is 1. The lowest BCUT2D eigenvalue weighted by Crippen LogP contribution is -2.46. The quantitative estimate of drug-likeness (QED) is 0.285. The average Bonchev–Trinajstić information content (AvgIpc) is 3.31. The van der Waals surface area contributed by atoms with Crippen LogP contribution in [0.2, 0.25) is 0 Å². The molecule has 0 saturated carbocycles. The molecule has 0 unspecified atom stereocenters. The number of nitrogens with one attached hydrogen (secondary N) is 1. The largest absolute Gasteiger partial charge is 0.367 e. The van der Waals surface area contributed by atoms with E-state index in [-0.39, 0.29) is 5.91 Å². The van der Waals surface area contributed by atoms with E-state index in [1.807, 2.05) is 24.4 Å². The number of aromatic nitrogens is 1. The van der Waals surface area contributed by atoms with Gasteiger partial charge in [0.2, 0.25) is 0 Å². The van der Waals surface area contributed by atoms with Gasteiger partial charge in [-0.15, -0.1) is 11.3 Å². The Labute approximate surface area is 215 Å². The molecule has 6 heteroatoms. The first-order valence-corrected chi connectivity index (χ1v) is 13.6. The van der Waals surface area contributed by atoms with E-state index >= 15 is 0 Å². The Kier molecular flexibility index (Phi) is 6.53. The summed E-state index contributed by atoms with van der Waals surface area (Å²) in [6.07, 6.45) is 3.95. The summed E-state index contributed by atoms with van der Waals surface area (Å²) in [5.41, 5.74) is 3.07. The van der Waals surface area contributed by atoms with Gasteiger partial charge in [0.1, 0.15) is 0 Å². The molecular weight excluding hydrogens is 464 g/mol. The first-order chi connectivity index (χ1) is 17.8. The van der Waals surface area contributed by atoms with Gasteiger partial charge in [0.25, 0.3) is 5.91 Å². The van der Waals surface area contributed by atoms with Crippen molar-refractivity contribution >= 4 is 54.0 Å². The van der Waals surface area contributed by atoms with E-state index < -0.39 is 0 Å². The van der Waals surface area contributed by atoms with E-state index in [9.17, 15) is 4.79 Å². The summed E-state index contributed by atoms with van der Waals surface area (Å²) in [5, 5.41) is 6.71. The van der Waals surface area contributed by atoms with Crippen LogP contribution in [0.25, 0.3) is 31.1 Å². The molecule has 0 bridgehead atoms. The molecule has 0 radical (unpaired) electrons. The number of carbonyl (C=O) groups is 1. The van der Waals surface area contributed by atoms with Crippen molar-refractivity contribution in [3.05, 3.63) is 84.6 Å². The SMILES string of the molecule is O=C(NCCCCN1CCN(c2cccc3cccnc23)CC1)c1ccc2sc3ccccc3c2c1. The zero-order valence-electron chi connectivity index (χ0n) is 20.3. The van der Waals surface area contributed by atoms with Gasteiger partial charge in [-0.25, -0.2) is 0 Å². The molecule has 1 aliphatic rings. The fourth-order valence-electron chi connectivity index (χ4n) is 5.19. The van der Waals surface area contributed by atoms with E-state index in [0.29, 0.717) is 6.54 Å². The number of hydrogen-bond donors (Lipinski definition) is 1. The molecule has 5 aromatic rings. The molecule has 0 spiro atoms. The molecule has 6 rings (SSSR count). The van der Waals surface area contributed by atoms with Crippen LogP contribution in [0.4, 0.5) is 5.69 Å². The highest BCUT2D eigenvalue weighted by molar-refractivity contribution is 7.25. The van der Waals surface area contributed by atoms with Crippen molar-refractivity contribution in [1.29, 1.82) is 0 Å². The fraction of sp³-hybridized carbons (Fsp3) is 0.267. The van der Waals surface area contributed by atoms with E-state index in [1.54, 1.807) is 11.3 Å². The summed E-state index contributed by atoms with van der Waals surface area (Å²) >= 11 is 1.78. The van der Waals surface area contributed by atoms with Crippen LogP contribution in [0.3, 0.4) is 0 Å². The summed E-state index contributed by atoms with van der Waals surface area (Å²) in [7, 11) is 0. The van der Waals surface area contributed by atoms with Crippen molar-refractivity contribution in [2.45, 2.75) is 12.8 Å². The Morgan fingerprint density at radius 2 is 1.69 bits per heavy atom. The Morgan fingerprint density at radius 3 is 2.61 bits per heavy atom. The maximum Gasteiger partial charge on any atom is 0.251 e. The van der Waals surface area contributed by atoms with Crippen LogP contribution in [0.5, 0.6) is 0 Å². The van der Waals surface area contributed by atoms with Gasteiger partial charge in [-0.2, -0.15) is 0 Å². The number of hydrogen-bond acceptors (Lipinski definition) is 5. The van der Waals surface area contributed by atoms with Crippen LogP contribution >= 0.6 is 11.3 Å². The van der Waals surface area contributed by atoms with E-state index in [0.717, 1.165) is 56.6 Å². The highest BCUT2D eigenvalue weighted by atomic mass is 32.1. The molecule has 1 aliphatic heterocycles. The number of nitrogens with zero attached hydrogens (tertiary/aromatic N) is 3. The molecule has 2 aromatic heterocycles. The van der Waals surface area contributed by atoms with Gasteiger partial charge in [-0.3, -0.25) is 14.7 Å². The minimum Gasteiger partial charge on any atom is -0.367 e. The summed E-state index contributed by atoms with van der Waals surface area (Å²) in [4.78, 5) is 22.4. The third kappa shape index (κ3) is 4.66. The number of para-hydroxylation sites is 1. The van der Waals surface area contributed by atoms with E-state index in [2.05, 4.69) is 74.7 Å². The molecule has 182 valence electrons. The van der Waals surface area contributed by atoms with Crippen molar-refractivity contribution in [3.8, 4) is 0 Å². The topological polar surface area (TPSA) is 48.5 Å². The third-order valence-electron chi connectivity index (χ3n) is 7.15. The molecule has 1 amide bonds. The molecule has 3 heterocycles. The molecule has 1 fully saturated rings. The van der Waals surface area contributed by atoms with Crippen molar-refractivity contribution in [2.24, 2.45) is 0 Å². The molecule has 1 N–H and O–H groups in total. The predicted molar refractivity (Wildman–Crippen MR) is 151 cm³/mol. The maximum absolute atomic E-state index is 12.7. The van der Waals surface area contributed by atoms with Gasteiger partial charge in [0, 0.05) is 70.0 Å². The number of rotatable bonds is 7.